The maximum atomic E-state index is 11.8. The van der Waals surface area contributed by atoms with Crippen LogP contribution in [0.1, 0.15) is 24.2 Å². The number of primary amides is 1. The van der Waals surface area contributed by atoms with Crippen molar-refractivity contribution >= 4 is 16.7 Å². The van der Waals surface area contributed by atoms with Gasteiger partial charge in [0.25, 0.3) is 0 Å². The number of carbonyl (C=O) groups is 1. The zero-order chi connectivity index (χ0) is 11.3. The number of amides is 1. The van der Waals surface area contributed by atoms with Crippen LogP contribution < -0.4 is 5.73 Å². The maximum absolute atomic E-state index is 11.8. The molecule has 0 fully saturated rings. The first-order chi connectivity index (χ1) is 7.15. The average molecular weight is 225 g/mol. The zero-order valence-corrected chi connectivity index (χ0v) is 9.50. The van der Waals surface area contributed by atoms with Crippen LogP contribution in [-0.2, 0) is 15.6 Å². The third kappa shape index (κ3) is 3.47. The summed E-state index contributed by atoms with van der Waals surface area (Å²) < 4.78 is 11.8. The molecule has 0 aliphatic carbocycles. The molecule has 0 bridgehead atoms. The molecule has 0 saturated carbocycles. The zero-order valence-electron chi connectivity index (χ0n) is 8.68. The predicted octanol–water partition coefficient (Wildman–Crippen LogP) is 1.37. The van der Waals surface area contributed by atoms with Gasteiger partial charge in [-0.3, -0.25) is 9.00 Å². The lowest BCUT2D eigenvalue weighted by Gasteiger charge is -2.13. The van der Waals surface area contributed by atoms with Gasteiger partial charge in [-0.2, -0.15) is 0 Å². The number of hydrogen-bond acceptors (Lipinski definition) is 2. The maximum Gasteiger partial charge on any atom is 0.230 e. The molecule has 15 heavy (non-hydrogen) atoms. The molecule has 0 aliphatic rings. The van der Waals surface area contributed by atoms with Gasteiger partial charge in [0.05, 0.1) is 5.25 Å². The van der Waals surface area contributed by atoms with E-state index in [-0.39, 0.29) is 11.0 Å². The highest BCUT2D eigenvalue weighted by Crippen LogP contribution is 2.22. The lowest BCUT2D eigenvalue weighted by atomic mass is 10.1. The van der Waals surface area contributed by atoms with Gasteiger partial charge in [0.15, 0.2) is 0 Å². The first-order valence-corrected chi connectivity index (χ1v) is 6.23. The number of rotatable bonds is 5. The molecule has 1 rings (SSSR count). The van der Waals surface area contributed by atoms with Crippen molar-refractivity contribution in [1.82, 2.24) is 0 Å². The Bertz CT molecular complexity index is 351. The fourth-order valence-electron chi connectivity index (χ4n) is 1.48. The molecule has 2 atom stereocenters. The molecule has 1 aromatic carbocycles. The second-order valence-electron chi connectivity index (χ2n) is 3.30. The molecule has 4 heteroatoms. The van der Waals surface area contributed by atoms with Gasteiger partial charge in [0.2, 0.25) is 5.91 Å². The number of carbonyl (C=O) groups excluding carboxylic acids is 1. The summed E-state index contributed by atoms with van der Waals surface area (Å²) in [6.45, 7) is 1.95. The molecule has 0 aromatic heterocycles. The minimum atomic E-state index is -1.21. The van der Waals surface area contributed by atoms with E-state index in [4.69, 9.17) is 5.73 Å². The molecule has 0 heterocycles. The minimum Gasteiger partial charge on any atom is -0.369 e. The van der Waals surface area contributed by atoms with Gasteiger partial charge in [0, 0.05) is 10.8 Å². The monoisotopic (exact) mass is 225 g/mol. The standard InChI is InChI=1S/C11H15NO2S/c1-2-10(15(14)8-11(12)13)9-6-4-3-5-7-9/h3-7,10H,2,8H2,1H3,(H2,12,13)/t10-,15-/m0/s1. The fraction of sp³-hybridized carbons (Fsp3) is 0.364. The van der Waals surface area contributed by atoms with Crippen molar-refractivity contribution in [3.63, 3.8) is 0 Å². The second kappa shape index (κ2) is 5.66. The number of benzene rings is 1. The Morgan fingerprint density at radius 1 is 1.40 bits per heavy atom. The highest BCUT2D eigenvalue weighted by Gasteiger charge is 2.18. The molecule has 2 N–H and O–H groups in total. The molecule has 0 radical (unpaired) electrons. The summed E-state index contributed by atoms with van der Waals surface area (Å²) in [7, 11) is -1.21. The second-order valence-corrected chi connectivity index (χ2v) is 4.92. The third-order valence-corrected chi connectivity index (χ3v) is 3.95. The minimum absolute atomic E-state index is 0.0621. The van der Waals surface area contributed by atoms with Crippen LogP contribution in [0.2, 0.25) is 0 Å². The first kappa shape index (κ1) is 11.9. The molecular weight excluding hydrogens is 210 g/mol. The van der Waals surface area contributed by atoms with Crippen molar-refractivity contribution in [3.8, 4) is 0 Å². The van der Waals surface area contributed by atoms with Crippen LogP contribution in [0.4, 0.5) is 0 Å². The van der Waals surface area contributed by atoms with E-state index in [1.165, 1.54) is 0 Å². The Labute approximate surface area is 92.1 Å². The Balaban J connectivity index is 2.80. The van der Waals surface area contributed by atoms with E-state index < -0.39 is 16.7 Å². The van der Waals surface area contributed by atoms with Crippen molar-refractivity contribution in [2.24, 2.45) is 5.73 Å². The first-order valence-electron chi connectivity index (χ1n) is 4.85. The molecule has 1 amide bonds. The summed E-state index contributed by atoms with van der Waals surface area (Å²) >= 11 is 0. The normalized spacial score (nSPS) is 14.5. The molecule has 0 saturated heterocycles. The number of hydrogen-bond donors (Lipinski definition) is 1. The lowest BCUT2D eigenvalue weighted by Crippen LogP contribution is -2.22. The Hall–Kier alpha value is -1.16. The summed E-state index contributed by atoms with van der Waals surface area (Å²) in [6.07, 6.45) is 0.740. The lowest BCUT2D eigenvalue weighted by molar-refractivity contribution is -0.115. The fourth-order valence-corrected chi connectivity index (χ4v) is 2.80. The Morgan fingerprint density at radius 2 is 2.00 bits per heavy atom. The van der Waals surface area contributed by atoms with E-state index in [2.05, 4.69) is 0 Å². The van der Waals surface area contributed by atoms with E-state index >= 15 is 0 Å². The van der Waals surface area contributed by atoms with Crippen molar-refractivity contribution < 1.29 is 9.00 Å². The molecule has 0 aliphatic heterocycles. The molecule has 1 aromatic rings. The molecule has 0 unspecified atom stereocenters. The van der Waals surface area contributed by atoms with Gasteiger partial charge in [-0.15, -0.1) is 0 Å². The van der Waals surface area contributed by atoms with E-state index in [0.717, 1.165) is 12.0 Å². The van der Waals surface area contributed by atoms with Gasteiger partial charge < -0.3 is 5.73 Å². The van der Waals surface area contributed by atoms with Crippen LogP contribution in [0.3, 0.4) is 0 Å². The van der Waals surface area contributed by atoms with Crippen LogP contribution in [-0.4, -0.2) is 15.9 Å². The smallest absolute Gasteiger partial charge is 0.230 e. The molecular formula is C11H15NO2S. The number of nitrogens with two attached hydrogens (primary N) is 1. The van der Waals surface area contributed by atoms with Gasteiger partial charge in [0.1, 0.15) is 5.75 Å². The third-order valence-electron chi connectivity index (χ3n) is 2.14. The van der Waals surface area contributed by atoms with Gasteiger partial charge in [-0.05, 0) is 12.0 Å². The topological polar surface area (TPSA) is 60.2 Å². The predicted molar refractivity (Wildman–Crippen MR) is 61.7 cm³/mol. The van der Waals surface area contributed by atoms with E-state index in [0.29, 0.717) is 0 Å². The van der Waals surface area contributed by atoms with Crippen LogP contribution in [0.15, 0.2) is 30.3 Å². The van der Waals surface area contributed by atoms with Gasteiger partial charge in [-0.1, -0.05) is 37.3 Å². The van der Waals surface area contributed by atoms with Crippen molar-refractivity contribution in [3.05, 3.63) is 35.9 Å². The van der Waals surface area contributed by atoms with E-state index in [1.807, 2.05) is 37.3 Å². The largest absolute Gasteiger partial charge is 0.369 e. The SMILES string of the molecule is CC[C@@H](c1ccccc1)[S@@](=O)CC(N)=O. The van der Waals surface area contributed by atoms with Gasteiger partial charge in [-0.25, -0.2) is 0 Å². The Kier molecular flexibility index (Phi) is 4.49. The quantitative estimate of drug-likeness (QED) is 0.822. The average Bonchev–Trinajstić information content (AvgIpc) is 2.19. The van der Waals surface area contributed by atoms with Crippen LogP contribution in [0.25, 0.3) is 0 Å². The summed E-state index contributed by atoms with van der Waals surface area (Å²) in [5, 5.41) is -0.0984. The van der Waals surface area contributed by atoms with Crippen LogP contribution in [0, 0.1) is 0 Å². The van der Waals surface area contributed by atoms with Crippen molar-refractivity contribution in [1.29, 1.82) is 0 Å². The highest BCUT2D eigenvalue weighted by molar-refractivity contribution is 7.86. The Morgan fingerprint density at radius 3 is 2.47 bits per heavy atom. The van der Waals surface area contributed by atoms with Crippen molar-refractivity contribution in [2.45, 2.75) is 18.6 Å². The summed E-state index contributed by atoms with van der Waals surface area (Å²) in [5.74, 6) is -0.573. The summed E-state index contributed by atoms with van der Waals surface area (Å²) in [4.78, 5) is 10.7. The molecule has 82 valence electrons. The highest BCUT2D eigenvalue weighted by atomic mass is 32.2. The molecule has 0 spiro atoms. The molecule has 3 nitrogen and oxygen atoms in total. The van der Waals surface area contributed by atoms with Crippen molar-refractivity contribution in [2.75, 3.05) is 5.75 Å². The van der Waals surface area contributed by atoms with E-state index in [1.54, 1.807) is 0 Å². The van der Waals surface area contributed by atoms with Crippen LogP contribution >= 0.6 is 0 Å². The summed E-state index contributed by atoms with van der Waals surface area (Å²) in [5.41, 5.74) is 6.03. The van der Waals surface area contributed by atoms with Gasteiger partial charge >= 0.3 is 0 Å². The summed E-state index contributed by atoms with van der Waals surface area (Å²) in [6, 6.07) is 9.56. The van der Waals surface area contributed by atoms with E-state index in [9.17, 15) is 9.00 Å². The van der Waals surface area contributed by atoms with Crippen LogP contribution in [0.5, 0.6) is 0 Å².